The molecule has 1 atom stereocenters. The van der Waals surface area contributed by atoms with Gasteiger partial charge in [0.05, 0.1) is 0 Å². The van der Waals surface area contributed by atoms with E-state index in [0.717, 1.165) is 17.7 Å². The summed E-state index contributed by atoms with van der Waals surface area (Å²) in [6, 6.07) is 9.15. The van der Waals surface area contributed by atoms with Gasteiger partial charge in [-0.2, -0.15) is 0 Å². The first-order valence-electron chi connectivity index (χ1n) is 7.27. The van der Waals surface area contributed by atoms with Gasteiger partial charge in [0.1, 0.15) is 5.76 Å². The molecule has 1 aromatic carbocycles. The van der Waals surface area contributed by atoms with E-state index in [0.29, 0.717) is 12.0 Å². The molecule has 2 aromatic rings. The van der Waals surface area contributed by atoms with Gasteiger partial charge in [0, 0.05) is 6.42 Å². The van der Waals surface area contributed by atoms with E-state index in [9.17, 15) is 14.7 Å². The molecule has 0 fully saturated rings. The number of carboxylic acid groups (broad SMARTS) is 1. The van der Waals surface area contributed by atoms with Crippen LogP contribution in [0.15, 0.2) is 40.8 Å². The molecule has 0 radical (unpaired) electrons. The SMILES string of the molecule is CCc1cc(C(=O)NC(C(=O)O)c2ccccc2)oc1CC. The topological polar surface area (TPSA) is 79.5 Å². The Bertz CT molecular complexity index is 639. The molecule has 0 bridgehead atoms. The lowest BCUT2D eigenvalue weighted by Crippen LogP contribution is -2.33. The number of carboxylic acids is 1. The summed E-state index contributed by atoms with van der Waals surface area (Å²) < 4.78 is 5.53. The van der Waals surface area contributed by atoms with E-state index >= 15 is 0 Å². The highest BCUT2D eigenvalue weighted by atomic mass is 16.4. The molecule has 1 unspecified atom stereocenters. The normalized spacial score (nSPS) is 11.9. The van der Waals surface area contributed by atoms with E-state index in [1.54, 1.807) is 36.4 Å². The minimum absolute atomic E-state index is 0.149. The fourth-order valence-corrected chi connectivity index (χ4v) is 2.31. The van der Waals surface area contributed by atoms with Crippen molar-refractivity contribution in [3.05, 3.63) is 59.0 Å². The maximum Gasteiger partial charge on any atom is 0.330 e. The van der Waals surface area contributed by atoms with Crippen molar-refractivity contribution in [2.75, 3.05) is 0 Å². The average Bonchev–Trinajstić information content (AvgIpc) is 2.96. The number of hydrogen-bond donors (Lipinski definition) is 2. The predicted octanol–water partition coefficient (Wildman–Crippen LogP) is 2.96. The van der Waals surface area contributed by atoms with Crippen LogP contribution in [0.5, 0.6) is 0 Å². The summed E-state index contributed by atoms with van der Waals surface area (Å²) in [5, 5.41) is 11.8. The van der Waals surface area contributed by atoms with Crippen molar-refractivity contribution < 1.29 is 19.1 Å². The van der Waals surface area contributed by atoms with Crippen LogP contribution in [0.2, 0.25) is 0 Å². The number of amides is 1. The van der Waals surface area contributed by atoms with E-state index in [4.69, 9.17) is 4.42 Å². The Morgan fingerprint density at radius 3 is 2.36 bits per heavy atom. The van der Waals surface area contributed by atoms with Crippen LogP contribution in [0.4, 0.5) is 0 Å². The number of benzene rings is 1. The van der Waals surface area contributed by atoms with E-state index in [1.807, 2.05) is 13.8 Å². The number of carbonyl (C=O) groups is 2. The largest absolute Gasteiger partial charge is 0.479 e. The van der Waals surface area contributed by atoms with Crippen LogP contribution in [0.25, 0.3) is 0 Å². The second-order valence-corrected chi connectivity index (χ2v) is 4.92. The minimum Gasteiger partial charge on any atom is -0.479 e. The molecule has 0 aliphatic heterocycles. The highest BCUT2D eigenvalue weighted by molar-refractivity contribution is 5.94. The van der Waals surface area contributed by atoms with Crippen molar-refractivity contribution >= 4 is 11.9 Å². The fraction of sp³-hybridized carbons (Fsp3) is 0.294. The van der Waals surface area contributed by atoms with Gasteiger partial charge < -0.3 is 14.8 Å². The van der Waals surface area contributed by atoms with Gasteiger partial charge in [-0.3, -0.25) is 4.79 Å². The molecule has 0 spiro atoms. The van der Waals surface area contributed by atoms with E-state index in [1.165, 1.54) is 0 Å². The van der Waals surface area contributed by atoms with E-state index in [2.05, 4.69) is 5.32 Å². The fourth-order valence-electron chi connectivity index (χ4n) is 2.31. The number of furan rings is 1. The Balaban J connectivity index is 2.22. The number of nitrogens with one attached hydrogen (secondary N) is 1. The highest BCUT2D eigenvalue weighted by Crippen LogP contribution is 2.19. The molecule has 0 aliphatic rings. The van der Waals surface area contributed by atoms with Crippen molar-refractivity contribution in [3.8, 4) is 0 Å². The first kappa shape index (κ1) is 15.8. The van der Waals surface area contributed by atoms with Gasteiger partial charge in [0.15, 0.2) is 11.8 Å². The molecule has 0 saturated carbocycles. The molecule has 1 aromatic heterocycles. The number of aryl methyl sites for hydroxylation is 2. The second-order valence-electron chi connectivity index (χ2n) is 4.92. The number of aliphatic carboxylic acids is 1. The lowest BCUT2D eigenvalue weighted by atomic mass is 10.1. The Morgan fingerprint density at radius 1 is 1.18 bits per heavy atom. The van der Waals surface area contributed by atoms with Crippen LogP contribution in [0, 0.1) is 0 Å². The van der Waals surface area contributed by atoms with Gasteiger partial charge in [-0.15, -0.1) is 0 Å². The second kappa shape index (κ2) is 6.93. The standard InChI is InChI=1S/C17H19NO4/c1-3-11-10-14(22-13(11)4-2)16(19)18-15(17(20)21)12-8-6-5-7-9-12/h5-10,15H,3-4H2,1-2H3,(H,18,19)(H,20,21). The monoisotopic (exact) mass is 301 g/mol. The minimum atomic E-state index is -1.11. The molecule has 5 heteroatoms. The molecule has 2 N–H and O–H groups in total. The lowest BCUT2D eigenvalue weighted by Gasteiger charge is -2.13. The van der Waals surface area contributed by atoms with E-state index in [-0.39, 0.29) is 5.76 Å². The molecule has 1 heterocycles. The summed E-state index contributed by atoms with van der Waals surface area (Å²) in [6.45, 7) is 3.93. The number of carbonyl (C=O) groups excluding carboxylic acids is 1. The Labute approximate surface area is 129 Å². The Kier molecular flexibility index (Phi) is 4.99. The molecule has 22 heavy (non-hydrogen) atoms. The van der Waals surface area contributed by atoms with Gasteiger partial charge >= 0.3 is 5.97 Å². The van der Waals surface area contributed by atoms with Gasteiger partial charge in [-0.25, -0.2) is 4.79 Å². The Morgan fingerprint density at radius 2 is 1.86 bits per heavy atom. The van der Waals surface area contributed by atoms with Crippen LogP contribution < -0.4 is 5.32 Å². The zero-order chi connectivity index (χ0) is 16.1. The number of rotatable bonds is 6. The Hall–Kier alpha value is -2.56. The van der Waals surface area contributed by atoms with Crippen molar-refractivity contribution in [1.29, 1.82) is 0 Å². The molecule has 2 rings (SSSR count). The summed E-state index contributed by atoms with van der Waals surface area (Å²) in [5.74, 6) is -0.724. The van der Waals surface area contributed by atoms with Crippen molar-refractivity contribution in [1.82, 2.24) is 5.32 Å². The highest BCUT2D eigenvalue weighted by Gasteiger charge is 2.24. The lowest BCUT2D eigenvalue weighted by molar-refractivity contribution is -0.139. The van der Waals surface area contributed by atoms with Crippen LogP contribution in [-0.4, -0.2) is 17.0 Å². The molecule has 5 nitrogen and oxygen atoms in total. The average molecular weight is 301 g/mol. The smallest absolute Gasteiger partial charge is 0.330 e. The summed E-state index contributed by atoms with van der Waals surface area (Å²) >= 11 is 0. The van der Waals surface area contributed by atoms with Gasteiger partial charge in [0.25, 0.3) is 5.91 Å². The third-order valence-corrected chi connectivity index (χ3v) is 3.48. The third-order valence-electron chi connectivity index (χ3n) is 3.48. The summed E-state index contributed by atoms with van der Waals surface area (Å²) in [6.07, 6.45) is 1.46. The quantitative estimate of drug-likeness (QED) is 0.859. The van der Waals surface area contributed by atoms with Gasteiger partial charge in [-0.1, -0.05) is 44.2 Å². The maximum absolute atomic E-state index is 12.3. The van der Waals surface area contributed by atoms with Gasteiger partial charge in [-0.05, 0) is 23.6 Å². The first-order chi connectivity index (χ1) is 10.6. The zero-order valence-electron chi connectivity index (χ0n) is 12.6. The van der Waals surface area contributed by atoms with Crippen LogP contribution in [-0.2, 0) is 17.6 Å². The van der Waals surface area contributed by atoms with Crippen LogP contribution >= 0.6 is 0 Å². The molecular weight excluding hydrogens is 282 g/mol. The summed E-state index contributed by atoms with van der Waals surface area (Å²) in [5.41, 5.74) is 1.49. The predicted molar refractivity (Wildman–Crippen MR) is 81.7 cm³/mol. The summed E-state index contributed by atoms with van der Waals surface area (Å²) in [4.78, 5) is 23.7. The summed E-state index contributed by atoms with van der Waals surface area (Å²) in [7, 11) is 0. The van der Waals surface area contributed by atoms with E-state index < -0.39 is 17.9 Å². The third kappa shape index (κ3) is 3.36. The van der Waals surface area contributed by atoms with Crippen molar-refractivity contribution in [3.63, 3.8) is 0 Å². The molecule has 116 valence electrons. The zero-order valence-corrected chi connectivity index (χ0v) is 12.6. The van der Waals surface area contributed by atoms with Gasteiger partial charge in [0.2, 0.25) is 0 Å². The molecule has 1 amide bonds. The molecule has 0 aliphatic carbocycles. The van der Waals surface area contributed by atoms with Crippen LogP contribution in [0.3, 0.4) is 0 Å². The first-order valence-corrected chi connectivity index (χ1v) is 7.27. The molecule has 0 saturated heterocycles. The van der Waals surface area contributed by atoms with Crippen molar-refractivity contribution in [2.24, 2.45) is 0 Å². The van der Waals surface area contributed by atoms with Crippen LogP contribution in [0.1, 0.15) is 47.3 Å². The van der Waals surface area contributed by atoms with Crippen molar-refractivity contribution in [2.45, 2.75) is 32.7 Å². The maximum atomic E-state index is 12.3. The molecular formula is C17H19NO4. The number of hydrogen-bond acceptors (Lipinski definition) is 3.